The van der Waals surface area contributed by atoms with Crippen LogP contribution in [0.2, 0.25) is 0 Å². The van der Waals surface area contributed by atoms with Gasteiger partial charge in [0, 0.05) is 12.6 Å². The minimum absolute atomic E-state index is 0.550. The van der Waals surface area contributed by atoms with E-state index >= 15 is 0 Å². The number of nitrogens with one attached hydrogen (secondary N) is 1. The van der Waals surface area contributed by atoms with Crippen LogP contribution < -0.4 is 5.32 Å². The fourth-order valence-electron chi connectivity index (χ4n) is 2.54. The van der Waals surface area contributed by atoms with Gasteiger partial charge in [-0.2, -0.15) is 0 Å². The predicted octanol–water partition coefficient (Wildman–Crippen LogP) is 2.89. The summed E-state index contributed by atoms with van der Waals surface area (Å²) in [5, 5.41) is 3.48. The average molecular weight is 226 g/mol. The standard InChI is InChI=1S/C14H30N2/c1-5-9-15-10-6-7-13(2)16-11-8-14(3,4)12-16/h13,15H,5-12H2,1-4H3. The molecule has 1 N–H and O–H groups in total. The lowest BCUT2D eigenvalue weighted by Gasteiger charge is -2.26. The van der Waals surface area contributed by atoms with Crippen LogP contribution in [-0.4, -0.2) is 37.1 Å². The van der Waals surface area contributed by atoms with Crippen LogP contribution in [-0.2, 0) is 0 Å². The normalized spacial score (nSPS) is 22.5. The summed E-state index contributed by atoms with van der Waals surface area (Å²) in [5.41, 5.74) is 0.550. The van der Waals surface area contributed by atoms with E-state index in [1.54, 1.807) is 0 Å². The fraction of sp³-hybridized carbons (Fsp3) is 1.00. The number of rotatable bonds is 7. The molecular weight excluding hydrogens is 196 g/mol. The number of likely N-dealkylation sites (tertiary alicyclic amines) is 1. The Morgan fingerprint density at radius 2 is 2.06 bits per heavy atom. The van der Waals surface area contributed by atoms with Gasteiger partial charge in [0.1, 0.15) is 0 Å². The van der Waals surface area contributed by atoms with Crippen LogP contribution in [0.4, 0.5) is 0 Å². The summed E-state index contributed by atoms with van der Waals surface area (Å²) in [5.74, 6) is 0. The first-order chi connectivity index (χ1) is 7.55. The maximum absolute atomic E-state index is 3.48. The molecule has 96 valence electrons. The third-order valence-electron chi connectivity index (χ3n) is 3.73. The molecule has 1 aliphatic heterocycles. The van der Waals surface area contributed by atoms with Crippen LogP contribution in [0.25, 0.3) is 0 Å². The fourth-order valence-corrected chi connectivity index (χ4v) is 2.54. The number of hydrogen-bond acceptors (Lipinski definition) is 2. The van der Waals surface area contributed by atoms with Crippen molar-refractivity contribution in [1.82, 2.24) is 10.2 Å². The van der Waals surface area contributed by atoms with Gasteiger partial charge in [-0.25, -0.2) is 0 Å². The van der Waals surface area contributed by atoms with Crippen LogP contribution in [0.3, 0.4) is 0 Å². The lowest BCUT2D eigenvalue weighted by molar-refractivity contribution is 0.218. The van der Waals surface area contributed by atoms with Gasteiger partial charge in [0.2, 0.25) is 0 Å². The molecule has 1 aliphatic rings. The number of nitrogens with zero attached hydrogens (tertiary/aromatic N) is 1. The summed E-state index contributed by atoms with van der Waals surface area (Å²) >= 11 is 0. The molecule has 2 heteroatoms. The van der Waals surface area contributed by atoms with E-state index in [1.807, 2.05) is 0 Å². The first-order valence-corrected chi connectivity index (χ1v) is 7.00. The second kappa shape index (κ2) is 6.61. The quantitative estimate of drug-likeness (QED) is 0.672. The zero-order valence-corrected chi connectivity index (χ0v) is 11.7. The van der Waals surface area contributed by atoms with E-state index in [-0.39, 0.29) is 0 Å². The monoisotopic (exact) mass is 226 g/mol. The van der Waals surface area contributed by atoms with Crippen molar-refractivity contribution in [3.8, 4) is 0 Å². The van der Waals surface area contributed by atoms with Crippen LogP contribution in [0.1, 0.15) is 53.4 Å². The Kier molecular flexibility index (Phi) is 5.77. The summed E-state index contributed by atoms with van der Waals surface area (Å²) < 4.78 is 0. The second-order valence-corrected chi connectivity index (χ2v) is 6.13. The molecule has 0 aromatic carbocycles. The zero-order chi connectivity index (χ0) is 12.0. The molecule has 2 nitrogen and oxygen atoms in total. The van der Waals surface area contributed by atoms with Gasteiger partial charge in [-0.3, -0.25) is 0 Å². The topological polar surface area (TPSA) is 15.3 Å². The maximum atomic E-state index is 3.48. The molecule has 1 saturated heterocycles. The van der Waals surface area contributed by atoms with Crippen molar-refractivity contribution < 1.29 is 0 Å². The van der Waals surface area contributed by atoms with Gasteiger partial charge in [-0.1, -0.05) is 20.8 Å². The smallest absolute Gasteiger partial charge is 0.00676 e. The summed E-state index contributed by atoms with van der Waals surface area (Å²) in [7, 11) is 0. The zero-order valence-electron chi connectivity index (χ0n) is 11.7. The van der Waals surface area contributed by atoms with Gasteiger partial charge in [0.05, 0.1) is 0 Å². The van der Waals surface area contributed by atoms with Crippen molar-refractivity contribution in [2.75, 3.05) is 26.2 Å². The first-order valence-electron chi connectivity index (χ1n) is 7.00. The van der Waals surface area contributed by atoms with E-state index in [0.717, 1.165) is 6.04 Å². The molecule has 1 rings (SSSR count). The van der Waals surface area contributed by atoms with Crippen molar-refractivity contribution in [2.45, 2.75) is 59.4 Å². The highest BCUT2D eigenvalue weighted by molar-refractivity contribution is 4.85. The van der Waals surface area contributed by atoms with E-state index in [4.69, 9.17) is 0 Å². The Labute approximate surface area is 102 Å². The van der Waals surface area contributed by atoms with Crippen molar-refractivity contribution in [2.24, 2.45) is 5.41 Å². The van der Waals surface area contributed by atoms with Crippen molar-refractivity contribution in [1.29, 1.82) is 0 Å². The Bertz CT molecular complexity index is 189. The van der Waals surface area contributed by atoms with Crippen molar-refractivity contribution in [3.63, 3.8) is 0 Å². The maximum Gasteiger partial charge on any atom is 0.00676 e. The Balaban J connectivity index is 2.09. The highest BCUT2D eigenvalue weighted by Crippen LogP contribution is 2.30. The molecule has 1 atom stereocenters. The van der Waals surface area contributed by atoms with Crippen molar-refractivity contribution in [3.05, 3.63) is 0 Å². The van der Waals surface area contributed by atoms with E-state index in [9.17, 15) is 0 Å². The Morgan fingerprint density at radius 3 is 2.62 bits per heavy atom. The molecule has 0 radical (unpaired) electrons. The molecule has 0 bridgehead atoms. The third-order valence-corrected chi connectivity index (χ3v) is 3.73. The Morgan fingerprint density at radius 1 is 1.31 bits per heavy atom. The van der Waals surface area contributed by atoms with E-state index in [1.165, 1.54) is 51.9 Å². The molecule has 0 amide bonds. The largest absolute Gasteiger partial charge is 0.317 e. The molecule has 1 heterocycles. The highest BCUT2D eigenvalue weighted by atomic mass is 15.2. The van der Waals surface area contributed by atoms with E-state index < -0.39 is 0 Å². The van der Waals surface area contributed by atoms with Gasteiger partial charge in [-0.15, -0.1) is 0 Å². The SMILES string of the molecule is CCCNCCCC(C)N1CCC(C)(C)C1. The van der Waals surface area contributed by atoms with Gasteiger partial charge >= 0.3 is 0 Å². The second-order valence-electron chi connectivity index (χ2n) is 6.13. The molecular formula is C14H30N2. The minimum Gasteiger partial charge on any atom is -0.317 e. The highest BCUT2D eigenvalue weighted by Gasteiger charge is 2.31. The predicted molar refractivity (Wildman–Crippen MR) is 71.8 cm³/mol. The first kappa shape index (κ1) is 14.0. The van der Waals surface area contributed by atoms with Crippen LogP contribution in [0.5, 0.6) is 0 Å². The number of hydrogen-bond donors (Lipinski definition) is 1. The van der Waals surface area contributed by atoms with Gasteiger partial charge in [-0.05, 0) is 57.7 Å². The molecule has 1 unspecified atom stereocenters. The summed E-state index contributed by atoms with van der Waals surface area (Å²) in [6.07, 6.45) is 5.27. The van der Waals surface area contributed by atoms with E-state index in [0.29, 0.717) is 5.41 Å². The van der Waals surface area contributed by atoms with E-state index in [2.05, 4.69) is 37.9 Å². The molecule has 0 aromatic heterocycles. The summed E-state index contributed by atoms with van der Waals surface area (Å²) in [6, 6.07) is 0.769. The molecule has 1 fully saturated rings. The van der Waals surface area contributed by atoms with Crippen molar-refractivity contribution >= 4 is 0 Å². The van der Waals surface area contributed by atoms with Gasteiger partial charge in [0.15, 0.2) is 0 Å². The molecule has 0 aromatic rings. The minimum atomic E-state index is 0.550. The lowest BCUT2D eigenvalue weighted by Crippen LogP contribution is -2.33. The molecule has 0 aliphatic carbocycles. The summed E-state index contributed by atoms with van der Waals surface area (Å²) in [6.45, 7) is 14.3. The van der Waals surface area contributed by atoms with Gasteiger partial charge in [0.25, 0.3) is 0 Å². The van der Waals surface area contributed by atoms with Gasteiger partial charge < -0.3 is 10.2 Å². The molecule has 16 heavy (non-hydrogen) atoms. The average Bonchev–Trinajstić information content (AvgIpc) is 2.58. The Hall–Kier alpha value is -0.0800. The van der Waals surface area contributed by atoms with Crippen LogP contribution in [0, 0.1) is 5.41 Å². The van der Waals surface area contributed by atoms with Crippen LogP contribution in [0.15, 0.2) is 0 Å². The molecule has 0 spiro atoms. The lowest BCUT2D eigenvalue weighted by atomic mass is 9.93. The van der Waals surface area contributed by atoms with Crippen LogP contribution >= 0.6 is 0 Å². The summed E-state index contributed by atoms with van der Waals surface area (Å²) in [4.78, 5) is 2.67. The molecule has 0 saturated carbocycles. The third kappa shape index (κ3) is 4.84.